The molecule has 134 valence electrons. The van der Waals surface area contributed by atoms with Crippen LogP contribution in [-0.2, 0) is 4.65 Å². The maximum absolute atomic E-state index is 9.55. The summed E-state index contributed by atoms with van der Waals surface area (Å²) >= 11 is 0. The highest BCUT2D eigenvalue weighted by atomic mass is 35.5. The van der Waals surface area contributed by atoms with Gasteiger partial charge in [-0.25, -0.2) is 0 Å². The zero-order valence-corrected chi connectivity index (χ0v) is 15.3. The molecule has 0 spiro atoms. The molecule has 1 aliphatic heterocycles. The summed E-state index contributed by atoms with van der Waals surface area (Å²) in [7, 11) is 0.968. The lowest BCUT2D eigenvalue weighted by atomic mass is 9.80. The van der Waals surface area contributed by atoms with Gasteiger partial charge in [-0.1, -0.05) is 13.0 Å². The number of methoxy groups -OCH3 is 1. The summed E-state index contributed by atoms with van der Waals surface area (Å²) in [6.07, 6.45) is 5.22. The molecule has 2 aromatic rings. The molecule has 7 heteroatoms. The molecular weight excluding hydrogens is 340 g/mol. The van der Waals surface area contributed by atoms with Gasteiger partial charge in [0.25, 0.3) is 0 Å². The summed E-state index contributed by atoms with van der Waals surface area (Å²) in [4.78, 5) is 4.36. The highest BCUT2D eigenvalue weighted by Crippen LogP contribution is 2.34. The minimum absolute atomic E-state index is 0. The van der Waals surface area contributed by atoms with E-state index in [0.717, 1.165) is 34.6 Å². The molecule has 1 aliphatic rings. The fourth-order valence-corrected chi connectivity index (χ4v) is 2.86. The van der Waals surface area contributed by atoms with Crippen molar-refractivity contribution in [1.29, 1.82) is 0 Å². The molecule has 0 amide bonds. The van der Waals surface area contributed by atoms with Crippen molar-refractivity contribution in [2.45, 2.75) is 25.6 Å². The molecule has 0 aliphatic carbocycles. The topological polar surface area (TPSA) is 60.8 Å². The van der Waals surface area contributed by atoms with Crippen molar-refractivity contribution < 1.29 is 19.2 Å². The summed E-state index contributed by atoms with van der Waals surface area (Å²) in [6, 6.07) is 7.99. The van der Waals surface area contributed by atoms with Crippen LogP contribution in [0.25, 0.3) is 11.1 Å². The Morgan fingerprint density at radius 3 is 2.76 bits per heavy atom. The number of benzene rings is 1. The molecule has 1 N–H and O–H groups in total. The number of halogens is 1. The molecule has 0 saturated carbocycles. The van der Waals surface area contributed by atoms with Gasteiger partial charge in [-0.3, -0.25) is 4.98 Å². The van der Waals surface area contributed by atoms with Crippen molar-refractivity contribution in [2.24, 2.45) is 0 Å². The summed E-state index contributed by atoms with van der Waals surface area (Å²) in [5.74, 6) is 1.65. The number of rotatable bonds is 6. The Bertz CT molecular complexity index is 701. The van der Waals surface area contributed by atoms with E-state index in [4.69, 9.17) is 14.1 Å². The molecule has 0 radical (unpaired) electrons. The first-order valence-corrected chi connectivity index (χ1v) is 8.27. The van der Waals surface area contributed by atoms with E-state index in [1.165, 1.54) is 0 Å². The van der Waals surface area contributed by atoms with Crippen molar-refractivity contribution in [3.63, 3.8) is 0 Å². The maximum atomic E-state index is 9.55. The summed E-state index contributed by atoms with van der Waals surface area (Å²) in [6.45, 7) is 3.25. The van der Waals surface area contributed by atoms with Crippen LogP contribution in [0.15, 0.2) is 36.7 Å². The molecule has 1 saturated heterocycles. The van der Waals surface area contributed by atoms with Gasteiger partial charge in [-0.05, 0) is 42.1 Å². The highest BCUT2D eigenvalue weighted by molar-refractivity contribution is 6.43. The quantitative estimate of drug-likeness (QED) is 0.795. The van der Waals surface area contributed by atoms with E-state index in [-0.39, 0.29) is 18.3 Å². The van der Waals surface area contributed by atoms with Crippen LogP contribution in [-0.4, -0.2) is 37.4 Å². The molecule has 25 heavy (non-hydrogen) atoms. The second-order valence-electron chi connectivity index (χ2n) is 5.94. The lowest BCUT2D eigenvalue weighted by molar-refractivity contribution is 0.292. The number of hydrogen-bond donors (Lipinski definition) is 1. The van der Waals surface area contributed by atoms with Gasteiger partial charge >= 0.3 is 7.12 Å². The van der Waals surface area contributed by atoms with Gasteiger partial charge in [-0.15, -0.1) is 12.4 Å². The molecule has 5 nitrogen and oxygen atoms in total. The van der Waals surface area contributed by atoms with Crippen molar-refractivity contribution in [2.75, 3.05) is 20.3 Å². The third-order valence-electron chi connectivity index (χ3n) is 4.17. The molecule has 0 unspecified atom stereocenters. The second-order valence-corrected chi connectivity index (χ2v) is 5.94. The van der Waals surface area contributed by atoms with Gasteiger partial charge in [0.1, 0.15) is 0 Å². The smallest absolute Gasteiger partial charge is 0.454 e. The zero-order chi connectivity index (χ0) is 16.9. The van der Waals surface area contributed by atoms with Gasteiger partial charge in [-0.2, -0.15) is 0 Å². The van der Waals surface area contributed by atoms with Crippen LogP contribution in [0.3, 0.4) is 0 Å². The SMILES string of the molecule is CCCOc1cc(-c2cncc([C@@H]3COB(O)C3)c2)ccc1OC.Cl. The predicted molar refractivity (Wildman–Crippen MR) is 101 cm³/mol. The molecule has 1 fully saturated rings. The Morgan fingerprint density at radius 2 is 2.08 bits per heavy atom. The zero-order valence-electron chi connectivity index (χ0n) is 14.5. The molecular formula is C18H23BClNO4. The average Bonchev–Trinajstić information content (AvgIpc) is 3.06. The van der Waals surface area contributed by atoms with Gasteiger partial charge in [0.05, 0.1) is 13.7 Å². The van der Waals surface area contributed by atoms with Crippen LogP contribution < -0.4 is 9.47 Å². The number of pyridine rings is 1. The second kappa shape index (κ2) is 9.08. The monoisotopic (exact) mass is 363 g/mol. The standard InChI is InChI=1S/C18H22BNO4.ClH/c1-3-6-23-18-8-13(4-5-17(18)22-2)14-7-15(11-20-10-14)16-9-19(21)24-12-16;/h4-5,7-8,10-11,16,21H,3,6,9,12H2,1-2H3;1H/t16-;/m0./s1. The summed E-state index contributed by atoms with van der Waals surface area (Å²) in [5.41, 5.74) is 3.12. The molecule has 2 heterocycles. The van der Waals surface area contributed by atoms with Gasteiger partial charge < -0.3 is 19.2 Å². The fraction of sp³-hybridized carbons (Fsp3) is 0.389. The maximum Gasteiger partial charge on any atom is 0.454 e. The summed E-state index contributed by atoms with van der Waals surface area (Å²) < 4.78 is 16.4. The van der Waals surface area contributed by atoms with E-state index in [1.54, 1.807) is 7.11 Å². The first-order valence-electron chi connectivity index (χ1n) is 8.27. The van der Waals surface area contributed by atoms with Crippen LogP contribution in [0, 0.1) is 0 Å². The Hall–Kier alpha value is -1.76. The number of ether oxygens (including phenoxy) is 2. The van der Waals surface area contributed by atoms with Gasteiger partial charge in [0.2, 0.25) is 0 Å². The minimum Gasteiger partial charge on any atom is -0.493 e. The number of hydrogen-bond acceptors (Lipinski definition) is 5. The van der Waals surface area contributed by atoms with E-state index >= 15 is 0 Å². The molecule has 0 bridgehead atoms. The largest absolute Gasteiger partial charge is 0.493 e. The van der Waals surface area contributed by atoms with E-state index in [2.05, 4.69) is 18.0 Å². The Morgan fingerprint density at radius 1 is 1.24 bits per heavy atom. The first-order chi connectivity index (χ1) is 11.7. The van der Waals surface area contributed by atoms with Gasteiger partial charge in [0.15, 0.2) is 11.5 Å². The van der Waals surface area contributed by atoms with Crippen molar-refractivity contribution in [3.05, 3.63) is 42.2 Å². The van der Waals surface area contributed by atoms with Crippen LogP contribution >= 0.6 is 12.4 Å². The predicted octanol–water partition coefficient (Wildman–Crippen LogP) is 3.56. The fourth-order valence-electron chi connectivity index (χ4n) is 2.86. The van der Waals surface area contributed by atoms with E-state index in [1.807, 2.05) is 30.6 Å². The van der Waals surface area contributed by atoms with Crippen molar-refractivity contribution >= 4 is 19.5 Å². The molecule has 3 rings (SSSR count). The molecule has 1 aromatic carbocycles. The minimum atomic E-state index is -0.673. The van der Waals surface area contributed by atoms with E-state index in [0.29, 0.717) is 19.5 Å². The molecule has 1 atom stereocenters. The van der Waals surface area contributed by atoms with Gasteiger partial charge in [0, 0.05) is 30.5 Å². The Balaban J connectivity index is 0.00000225. The Labute approximate surface area is 154 Å². The highest BCUT2D eigenvalue weighted by Gasteiger charge is 2.30. The van der Waals surface area contributed by atoms with Crippen LogP contribution in [0.5, 0.6) is 11.5 Å². The lowest BCUT2D eigenvalue weighted by Gasteiger charge is -2.13. The molecule has 1 aromatic heterocycles. The van der Waals surface area contributed by atoms with E-state index < -0.39 is 7.12 Å². The van der Waals surface area contributed by atoms with Crippen molar-refractivity contribution in [1.82, 2.24) is 4.98 Å². The van der Waals surface area contributed by atoms with Crippen LogP contribution in [0.1, 0.15) is 24.8 Å². The number of nitrogens with zero attached hydrogens (tertiary/aromatic N) is 1. The average molecular weight is 364 g/mol. The van der Waals surface area contributed by atoms with Crippen molar-refractivity contribution in [3.8, 4) is 22.6 Å². The Kier molecular flexibility index (Phi) is 7.11. The number of aromatic nitrogens is 1. The third kappa shape index (κ3) is 4.66. The summed E-state index contributed by atoms with van der Waals surface area (Å²) in [5, 5.41) is 9.55. The third-order valence-corrected chi connectivity index (χ3v) is 4.17. The lowest BCUT2D eigenvalue weighted by Crippen LogP contribution is -2.07. The van der Waals surface area contributed by atoms with Crippen LogP contribution in [0.2, 0.25) is 6.32 Å². The van der Waals surface area contributed by atoms with Crippen LogP contribution in [0.4, 0.5) is 0 Å². The first kappa shape index (κ1) is 19.6. The van der Waals surface area contributed by atoms with E-state index in [9.17, 15) is 5.02 Å². The normalized spacial score (nSPS) is 16.4.